The molecule has 2 aliphatic heterocycles. The molecule has 4 rings (SSSR count). The van der Waals surface area contributed by atoms with E-state index in [1.165, 1.54) is 19.2 Å². The predicted molar refractivity (Wildman–Crippen MR) is 127 cm³/mol. The summed E-state index contributed by atoms with van der Waals surface area (Å²) in [6.07, 6.45) is 1.03. The maximum absolute atomic E-state index is 14.1. The van der Waals surface area contributed by atoms with Crippen molar-refractivity contribution < 1.29 is 28.2 Å². The molecule has 2 heterocycles. The van der Waals surface area contributed by atoms with Crippen LogP contribution in [0.25, 0.3) is 0 Å². The number of nitrogens with zero attached hydrogens (tertiary/aromatic N) is 2. The SMILES string of the molecule is COc1cccc(C(=O)N[C@@H](C(=O)N2CCOCC2)C2CCN(C(=O)c3ccccc3F)CC2)c1. The fourth-order valence-electron chi connectivity index (χ4n) is 4.59. The first kappa shape index (κ1) is 24.7. The lowest BCUT2D eigenvalue weighted by Gasteiger charge is -2.38. The van der Waals surface area contributed by atoms with Crippen LogP contribution in [0.15, 0.2) is 48.5 Å². The average Bonchev–Trinajstić information content (AvgIpc) is 2.91. The third-order valence-corrected chi connectivity index (χ3v) is 6.61. The molecule has 2 saturated heterocycles. The lowest BCUT2D eigenvalue weighted by atomic mass is 9.87. The molecule has 2 aromatic carbocycles. The summed E-state index contributed by atoms with van der Waals surface area (Å²) in [5, 5.41) is 2.95. The number of piperidine rings is 1. The number of halogens is 1. The quantitative estimate of drug-likeness (QED) is 0.682. The lowest BCUT2D eigenvalue weighted by molar-refractivity contribution is -0.139. The van der Waals surface area contributed by atoms with Crippen LogP contribution < -0.4 is 10.1 Å². The minimum Gasteiger partial charge on any atom is -0.497 e. The van der Waals surface area contributed by atoms with Gasteiger partial charge in [0.05, 0.1) is 25.9 Å². The van der Waals surface area contributed by atoms with Crippen LogP contribution in [0.3, 0.4) is 0 Å². The van der Waals surface area contributed by atoms with Gasteiger partial charge in [0.25, 0.3) is 11.8 Å². The van der Waals surface area contributed by atoms with Crippen molar-refractivity contribution in [2.45, 2.75) is 18.9 Å². The van der Waals surface area contributed by atoms with Crippen molar-refractivity contribution in [3.63, 3.8) is 0 Å². The zero-order valence-corrected chi connectivity index (χ0v) is 19.7. The molecular weight excluding hydrogens is 453 g/mol. The molecule has 0 saturated carbocycles. The van der Waals surface area contributed by atoms with E-state index in [4.69, 9.17) is 9.47 Å². The fraction of sp³-hybridized carbons (Fsp3) is 0.423. The van der Waals surface area contributed by atoms with E-state index in [2.05, 4.69) is 5.32 Å². The van der Waals surface area contributed by atoms with E-state index >= 15 is 0 Å². The number of carbonyl (C=O) groups is 3. The number of methoxy groups -OCH3 is 1. The van der Waals surface area contributed by atoms with Gasteiger partial charge in [0, 0.05) is 31.7 Å². The van der Waals surface area contributed by atoms with Crippen molar-refractivity contribution in [3.8, 4) is 5.75 Å². The number of hydrogen-bond donors (Lipinski definition) is 1. The summed E-state index contributed by atoms with van der Waals surface area (Å²) in [6.45, 7) is 2.60. The van der Waals surface area contributed by atoms with Gasteiger partial charge in [-0.15, -0.1) is 0 Å². The summed E-state index contributed by atoms with van der Waals surface area (Å²) in [5.74, 6) is -1.04. The molecule has 186 valence electrons. The Morgan fingerprint density at radius 2 is 1.71 bits per heavy atom. The Morgan fingerprint density at radius 1 is 1.00 bits per heavy atom. The number of rotatable bonds is 6. The van der Waals surface area contributed by atoms with Gasteiger partial charge in [0.15, 0.2) is 0 Å². The normalized spacial score (nSPS) is 17.5. The van der Waals surface area contributed by atoms with Crippen LogP contribution in [0.5, 0.6) is 5.75 Å². The Bertz CT molecular complexity index is 1060. The number of nitrogens with one attached hydrogen (secondary N) is 1. The van der Waals surface area contributed by atoms with Gasteiger partial charge >= 0.3 is 0 Å². The number of carbonyl (C=O) groups excluding carboxylic acids is 3. The number of likely N-dealkylation sites (tertiary alicyclic amines) is 1. The molecule has 0 radical (unpaired) electrons. The van der Waals surface area contributed by atoms with Gasteiger partial charge < -0.3 is 24.6 Å². The number of hydrogen-bond acceptors (Lipinski definition) is 5. The number of amides is 3. The molecule has 0 unspecified atom stereocenters. The van der Waals surface area contributed by atoms with E-state index in [-0.39, 0.29) is 29.2 Å². The van der Waals surface area contributed by atoms with E-state index in [0.717, 1.165) is 0 Å². The number of morpholine rings is 1. The summed E-state index contributed by atoms with van der Waals surface area (Å²) in [5.41, 5.74) is 0.439. The molecule has 8 nitrogen and oxygen atoms in total. The van der Waals surface area contributed by atoms with Crippen molar-refractivity contribution in [2.24, 2.45) is 5.92 Å². The highest BCUT2D eigenvalue weighted by atomic mass is 19.1. The molecule has 2 fully saturated rings. The van der Waals surface area contributed by atoms with Gasteiger partial charge in [-0.05, 0) is 49.1 Å². The smallest absolute Gasteiger partial charge is 0.256 e. The second-order valence-electron chi connectivity index (χ2n) is 8.73. The van der Waals surface area contributed by atoms with Crippen molar-refractivity contribution >= 4 is 17.7 Å². The molecule has 2 aliphatic rings. The molecule has 3 amide bonds. The van der Waals surface area contributed by atoms with E-state index in [0.29, 0.717) is 63.5 Å². The topological polar surface area (TPSA) is 88.2 Å². The van der Waals surface area contributed by atoms with Crippen molar-refractivity contribution in [1.29, 1.82) is 0 Å². The van der Waals surface area contributed by atoms with Crippen LogP contribution in [0.2, 0.25) is 0 Å². The van der Waals surface area contributed by atoms with Crippen LogP contribution in [0.4, 0.5) is 4.39 Å². The van der Waals surface area contributed by atoms with Crippen LogP contribution in [-0.4, -0.2) is 80.1 Å². The van der Waals surface area contributed by atoms with Gasteiger partial charge in [0.2, 0.25) is 5.91 Å². The fourth-order valence-corrected chi connectivity index (χ4v) is 4.59. The summed E-state index contributed by atoms with van der Waals surface area (Å²) >= 11 is 0. The third kappa shape index (κ3) is 5.79. The first-order valence-corrected chi connectivity index (χ1v) is 11.8. The highest BCUT2D eigenvalue weighted by Gasteiger charge is 2.37. The zero-order valence-electron chi connectivity index (χ0n) is 19.7. The van der Waals surface area contributed by atoms with E-state index in [9.17, 15) is 18.8 Å². The number of benzene rings is 2. The molecule has 1 atom stereocenters. The van der Waals surface area contributed by atoms with Gasteiger partial charge in [-0.25, -0.2) is 4.39 Å². The van der Waals surface area contributed by atoms with E-state index in [1.54, 1.807) is 46.2 Å². The van der Waals surface area contributed by atoms with Crippen LogP contribution in [0.1, 0.15) is 33.6 Å². The molecule has 0 aromatic heterocycles. The summed E-state index contributed by atoms with van der Waals surface area (Å²) in [7, 11) is 1.53. The van der Waals surface area contributed by atoms with E-state index < -0.39 is 11.9 Å². The Hall–Kier alpha value is -3.46. The predicted octanol–water partition coefficient (Wildman–Crippen LogP) is 2.34. The Kier molecular flexibility index (Phi) is 7.97. The minimum atomic E-state index is -0.738. The molecule has 2 aromatic rings. The maximum Gasteiger partial charge on any atom is 0.256 e. The number of ether oxygens (including phenoxy) is 2. The average molecular weight is 484 g/mol. The summed E-state index contributed by atoms with van der Waals surface area (Å²) < 4.78 is 24.7. The largest absolute Gasteiger partial charge is 0.497 e. The van der Waals surface area contributed by atoms with Crippen LogP contribution in [0, 0.1) is 11.7 Å². The first-order valence-electron chi connectivity index (χ1n) is 11.8. The molecule has 0 spiro atoms. The standard InChI is InChI=1S/C26H30FN3O5/c1-34-20-6-4-5-19(17-20)24(31)28-23(26(33)30-13-15-35-16-14-30)18-9-11-29(12-10-18)25(32)21-7-2-3-8-22(21)27/h2-8,17-18,23H,9-16H2,1H3,(H,28,31)/t23-/m1/s1. The summed E-state index contributed by atoms with van der Waals surface area (Å²) in [6, 6.07) is 11.9. The molecule has 35 heavy (non-hydrogen) atoms. The monoisotopic (exact) mass is 483 g/mol. The van der Waals surface area contributed by atoms with Gasteiger partial charge in [-0.3, -0.25) is 14.4 Å². The molecule has 0 bridgehead atoms. The minimum absolute atomic E-state index is 0.0400. The van der Waals surface area contributed by atoms with Crippen molar-refractivity contribution in [1.82, 2.24) is 15.1 Å². The highest BCUT2D eigenvalue weighted by Crippen LogP contribution is 2.25. The Labute approximate surface area is 204 Å². The van der Waals surface area contributed by atoms with Gasteiger partial charge in [0.1, 0.15) is 17.6 Å². The highest BCUT2D eigenvalue weighted by molar-refractivity contribution is 5.98. The molecule has 1 N–H and O–H groups in total. The van der Waals surface area contributed by atoms with Crippen LogP contribution in [-0.2, 0) is 9.53 Å². The molecular formula is C26H30FN3O5. The van der Waals surface area contributed by atoms with Crippen molar-refractivity contribution in [2.75, 3.05) is 46.5 Å². The van der Waals surface area contributed by atoms with Crippen LogP contribution >= 0.6 is 0 Å². The Balaban J connectivity index is 1.48. The van der Waals surface area contributed by atoms with Gasteiger partial charge in [-0.1, -0.05) is 18.2 Å². The summed E-state index contributed by atoms with van der Waals surface area (Å²) in [4.78, 5) is 42.7. The Morgan fingerprint density at radius 3 is 2.40 bits per heavy atom. The third-order valence-electron chi connectivity index (χ3n) is 6.61. The molecule has 0 aliphatic carbocycles. The van der Waals surface area contributed by atoms with E-state index in [1.807, 2.05) is 0 Å². The second kappa shape index (κ2) is 11.3. The maximum atomic E-state index is 14.1. The van der Waals surface area contributed by atoms with Crippen molar-refractivity contribution in [3.05, 3.63) is 65.5 Å². The first-order chi connectivity index (χ1) is 17.0. The zero-order chi connectivity index (χ0) is 24.8. The van der Waals surface area contributed by atoms with Gasteiger partial charge in [-0.2, -0.15) is 0 Å². The second-order valence-corrected chi connectivity index (χ2v) is 8.73. The molecule has 9 heteroatoms. The lowest BCUT2D eigenvalue weighted by Crippen LogP contribution is -2.56.